The van der Waals surface area contributed by atoms with Crippen molar-refractivity contribution in [3.05, 3.63) is 70.8 Å². The predicted octanol–water partition coefficient (Wildman–Crippen LogP) is 1.77. The Bertz CT molecular complexity index is 825. The van der Waals surface area contributed by atoms with Crippen molar-refractivity contribution < 1.29 is 19.8 Å². The van der Waals surface area contributed by atoms with Crippen LogP contribution < -0.4 is 11.5 Å². The first-order valence-electron chi connectivity index (χ1n) is 8.76. The van der Waals surface area contributed by atoms with E-state index in [2.05, 4.69) is 5.92 Å². The van der Waals surface area contributed by atoms with E-state index in [0.29, 0.717) is 19.3 Å². The fraction of sp³-hybridized carbons (Fsp3) is 0.273. The maximum absolute atomic E-state index is 10.5. The lowest BCUT2D eigenvalue weighted by atomic mass is 10.0. The van der Waals surface area contributed by atoms with Gasteiger partial charge in [-0.1, -0.05) is 54.1 Å². The molecule has 0 aromatic heterocycles. The Morgan fingerprint density at radius 1 is 0.929 bits per heavy atom. The highest BCUT2D eigenvalue weighted by molar-refractivity contribution is 5.73. The van der Waals surface area contributed by atoms with E-state index in [1.165, 1.54) is 0 Å². The van der Waals surface area contributed by atoms with Gasteiger partial charge < -0.3 is 21.7 Å². The topological polar surface area (TPSA) is 127 Å². The molecular formula is C22H26N2O4. The summed E-state index contributed by atoms with van der Waals surface area (Å²) in [6, 6.07) is 13.6. The third kappa shape index (κ3) is 8.49. The predicted molar refractivity (Wildman–Crippen MR) is 109 cm³/mol. The monoisotopic (exact) mass is 382 g/mol. The molecule has 2 atom stereocenters. The molecule has 2 aromatic rings. The molecule has 0 aliphatic carbocycles. The van der Waals surface area contributed by atoms with Crippen LogP contribution in [-0.4, -0.2) is 34.2 Å². The molecule has 6 nitrogen and oxygen atoms in total. The zero-order valence-corrected chi connectivity index (χ0v) is 15.8. The molecule has 0 saturated heterocycles. The average Bonchev–Trinajstić information content (AvgIpc) is 2.64. The van der Waals surface area contributed by atoms with Gasteiger partial charge in [0.2, 0.25) is 0 Å². The number of rotatable bonds is 7. The number of nitrogens with two attached hydrogens (primary N) is 2. The highest BCUT2D eigenvalue weighted by atomic mass is 16.4. The second kappa shape index (κ2) is 11.5. The molecule has 0 aliphatic rings. The van der Waals surface area contributed by atoms with E-state index in [-0.39, 0.29) is 0 Å². The van der Waals surface area contributed by atoms with Gasteiger partial charge >= 0.3 is 11.9 Å². The fourth-order valence-electron chi connectivity index (χ4n) is 2.43. The third-order valence-corrected chi connectivity index (χ3v) is 3.96. The molecule has 6 N–H and O–H groups in total. The van der Waals surface area contributed by atoms with E-state index in [1.807, 2.05) is 55.5 Å². The normalized spacial score (nSPS) is 12.1. The average molecular weight is 382 g/mol. The summed E-state index contributed by atoms with van der Waals surface area (Å²) in [6.45, 7) is 1.97. The van der Waals surface area contributed by atoms with Crippen molar-refractivity contribution in [2.75, 3.05) is 0 Å². The third-order valence-electron chi connectivity index (χ3n) is 3.96. The number of carboxylic acid groups (broad SMARTS) is 2. The van der Waals surface area contributed by atoms with Gasteiger partial charge in [-0.2, -0.15) is 0 Å². The number of hydrogen-bond acceptors (Lipinski definition) is 4. The molecule has 0 aliphatic heterocycles. The van der Waals surface area contributed by atoms with Gasteiger partial charge in [0.05, 0.1) is 0 Å². The molecule has 6 heteroatoms. The largest absolute Gasteiger partial charge is 0.480 e. The van der Waals surface area contributed by atoms with Gasteiger partial charge in [-0.05, 0) is 36.5 Å². The van der Waals surface area contributed by atoms with Crippen molar-refractivity contribution in [1.29, 1.82) is 0 Å². The molecule has 2 rings (SSSR count). The summed E-state index contributed by atoms with van der Waals surface area (Å²) in [5.41, 5.74) is 14.9. The second-order valence-corrected chi connectivity index (χ2v) is 6.48. The zero-order valence-electron chi connectivity index (χ0n) is 15.8. The summed E-state index contributed by atoms with van der Waals surface area (Å²) in [6.07, 6.45) is 6.48. The van der Waals surface area contributed by atoms with Crippen LogP contribution in [0.25, 0.3) is 0 Å². The number of carboxylic acids is 2. The van der Waals surface area contributed by atoms with Crippen LogP contribution in [0, 0.1) is 19.3 Å². The van der Waals surface area contributed by atoms with Gasteiger partial charge in [0.25, 0.3) is 0 Å². The van der Waals surface area contributed by atoms with E-state index in [4.69, 9.17) is 28.1 Å². The maximum atomic E-state index is 10.5. The Kier molecular flexibility index (Phi) is 9.44. The van der Waals surface area contributed by atoms with Crippen LogP contribution in [-0.2, 0) is 28.9 Å². The summed E-state index contributed by atoms with van der Waals surface area (Å²) >= 11 is 0. The van der Waals surface area contributed by atoms with Crippen LogP contribution in [0.2, 0.25) is 0 Å². The van der Waals surface area contributed by atoms with Gasteiger partial charge in [-0.3, -0.25) is 9.59 Å². The van der Waals surface area contributed by atoms with Crippen LogP contribution >= 0.6 is 0 Å². The van der Waals surface area contributed by atoms with E-state index >= 15 is 0 Å². The molecule has 28 heavy (non-hydrogen) atoms. The number of hydrogen-bond donors (Lipinski definition) is 4. The van der Waals surface area contributed by atoms with E-state index in [1.54, 1.807) is 0 Å². The second-order valence-electron chi connectivity index (χ2n) is 6.48. The number of aryl methyl sites for hydroxylation is 1. The van der Waals surface area contributed by atoms with Crippen LogP contribution in [0.4, 0.5) is 0 Å². The maximum Gasteiger partial charge on any atom is 0.320 e. The van der Waals surface area contributed by atoms with Crippen molar-refractivity contribution in [3.63, 3.8) is 0 Å². The van der Waals surface area contributed by atoms with Crippen LogP contribution in [0.3, 0.4) is 0 Å². The minimum atomic E-state index is -0.984. The standard InChI is InChI=1S/C12H13NO2.C10H13NO2/c1-2-3-9-4-6-10(7-5-9)8-11(13)12(14)15;1-7-3-2-4-8(5-7)6-9(11)10(12)13/h1,4-7,11H,3,8,13H2,(H,14,15);2-5,9H,6,11H2,1H3,(H,12,13). The zero-order chi connectivity index (χ0) is 21.1. The van der Waals surface area contributed by atoms with Gasteiger partial charge in [0, 0.05) is 6.42 Å². The number of terminal acetylenes is 1. The minimum absolute atomic E-state index is 0.339. The lowest BCUT2D eigenvalue weighted by molar-refractivity contribution is -0.139. The van der Waals surface area contributed by atoms with Crippen molar-refractivity contribution >= 4 is 11.9 Å². The van der Waals surface area contributed by atoms with Crippen LogP contribution in [0.5, 0.6) is 0 Å². The van der Waals surface area contributed by atoms with Crippen LogP contribution in [0.15, 0.2) is 48.5 Å². The molecule has 2 unspecified atom stereocenters. The molecular weight excluding hydrogens is 356 g/mol. The Balaban J connectivity index is 0.000000283. The lowest BCUT2D eigenvalue weighted by Crippen LogP contribution is -2.32. The molecule has 0 heterocycles. The molecule has 0 spiro atoms. The number of carbonyl (C=O) groups is 2. The summed E-state index contributed by atoms with van der Waals surface area (Å²) in [5, 5.41) is 17.2. The Labute approximate surface area is 165 Å². The highest BCUT2D eigenvalue weighted by Gasteiger charge is 2.12. The van der Waals surface area contributed by atoms with Crippen molar-refractivity contribution in [3.8, 4) is 12.3 Å². The first kappa shape index (κ1) is 22.9. The molecule has 0 radical (unpaired) electrons. The van der Waals surface area contributed by atoms with Gasteiger partial charge in [-0.15, -0.1) is 12.3 Å². The number of benzene rings is 2. The smallest absolute Gasteiger partial charge is 0.320 e. The first-order valence-corrected chi connectivity index (χ1v) is 8.76. The minimum Gasteiger partial charge on any atom is -0.480 e. The molecule has 0 saturated carbocycles. The summed E-state index contributed by atoms with van der Waals surface area (Å²) < 4.78 is 0. The van der Waals surface area contributed by atoms with Gasteiger partial charge in [-0.25, -0.2) is 0 Å². The van der Waals surface area contributed by atoms with E-state index in [0.717, 1.165) is 22.3 Å². The molecule has 2 aromatic carbocycles. The van der Waals surface area contributed by atoms with Crippen molar-refractivity contribution in [2.45, 2.75) is 38.3 Å². The fourth-order valence-corrected chi connectivity index (χ4v) is 2.43. The Hall–Kier alpha value is -3.14. The van der Waals surface area contributed by atoms with E-state index < -0.39 is 24.0 Å². The Morgan fingerprint density at radius 3 is 1.89 bits per heavy atom. The molecule has 148 valence electrons. The molecule has 0 bridgehead atoms. The quantitative estimate of drug-likeness (QED) is 0.541. The number of aliphatic carboxylic acids is 2. The van der Waals surface area contributed by atoms with Gasteiger partial charge in [0.1, 0.15) is 12.1 Å². The SMILES string of the molecule is C#CCc1ccc(CC(N)C(=O)O)cc1.Cc1cccc(CC(N)C(=O)O)c1. The highest BCUT2D eigenvalue weighted by Crippen LogP contribution is 2.07. The summed E-state index contributed by atoms with van der Waals surface area (Å²) in [4.78, 5) is 21.0. The van der Waals surface area contributed by atoms with Gasteiger partial charge in [0.15, 0.2) is 0 Å². The Morgan fingerprint density at radius 2 is 1.43 bits per heavy atom. The summed E-state index contributed by atoms with van der Waals surface area (Å²) in [5.74, 6) is 0.603. The van der Waals surface area contributed by atoms with Crippen molar-refractivity contribution in [1.82, 2.24) is 0 Å². The lowest BCUT2D eigenvalue weighted by Gasteiger charge is -2.06. The van der Waals surface area contributed by atoms with Crippen LogP contribution in [0.1, 0.15) is 22.3 Å². The first-order chi connectivity index (χ1) is 13.2. The van der Waals surface area contributed by atoms with Crippen molar-refractivity contribution in [2.24, 2.45) is 11.5 Å². The molecule has 0 fully saturated rings. The summed E-state index contributed by atoms with van der Waals surface area (Å²) in [7, 11) is 0. The van der Waals surface area contributed by atoms with E-state index in [9.17, 15) is 9.59 Å². The molecule has 0 amide bonds.